The van der Waals surface area contributed by atoms with Gasteiger partial charge in [-0.2, -0.15) is 0 Å². The first-order valence-corrected chi connectivity index (χ1v) is 8.87. The average Bonchev–Trinajstić information content (AvgIpc) is 3.15. The molecule has 6 N–H and O–H groups in total. The molecule has 0 aliphatic carbocycles. The number of nitrogens with two attached hydrogens (primary N) is 3. The molecule has 1 amide bonds. The lowest BCUT2D eigenvalue weighted by molar-refractivity contribution is 0.100. The Morgan fingerprint density at radius 3 is 2.27 bits per heavy atom. The summed E-state index contributed by atoms with van der Waals surface area (Å²) >= 11 is 0. The number of rotatable bonds is 5. The van der Waals surface area contributed by atoms with Gasteiger partial charge in [0, 0.05) is 18.7 Å². The number of imidazole rings is 2. The maximum Gasteiger partial charge on any atom is 0.248 e. The fraction of sp³-hybridized carbons (Fsp3) is 0.150. The van der Waals surface area contributed by atoms with Gasteiger partial charge in [-0.25, -0.2) is 9.97 Å². The number of nitrogen functional groups attached to an aromatic ring is 2. The molecule has 10 heteroatoms. The lowest BCUT2D eigenvalue weighted by Gasteiger charge is -2.05. The van der Waals surface area contributed by atoms with Crippen molar-refractivity contribution >= 4 is 73.8 Å². The van der Waals surface area contributed by atoms with Crippen LogP contribution >= 0.6 is 34.0 Å². The summed E-state index contributed by atoms with van der Waals surface area (Å²) in [5.41, 5.74) is 22.4. The molecule has 0 fully saturated rings. The predicted octanol–water partition coefficient (Wildman–Crippen LogP) is 3.37. The second-order valence-corrected chi connectivity index (χ2v) is 6.64. The van der Waals surface area contributed by atoms with Gasteiger partial charge >= 0.3 is 0 Å². The Kier molecular flexibility index (Phi) is 7.27. The van der Waals surface area contributed by atoms with Crippen molar-refractivity contribution in [2.45, 2.75) is 20.0 Å². The molecular formula is C20H23Br2N7O. The van der Waals surface area contributed by atoms with Crippen LogP contribution in [0.25, 0.3) is 22.1 Å². The van der Waals surface area contributed by atoms with Crippen molar-refractivity contribution in [3.05, 3.63) is 59.7 Å². The van der Waals surface area contributed by atoms with Crippen molar-refractivity contribution in [1.82, 2.24) is 19.1 Å². The van der Waals surface area contributed by atoms with Gasteiger partial charge in [0.25, 0.3) is 0 Å². The van der Waals surface area contributed by atoms with Crippen molar-refractivity contribution in [1.29, 1.82) is 0 Å². The van der Waals surface area contributed by atoms with Gasteiger partial charge < -0.3 is 26.3 Å². The summed E-state index contributed by atoms with van der Waals surface area (Å²) in [5.74, 6) is 0.375. The lowest BCUT2D eigenvalue weighted by Crippen LogP contribution is -2.10. The van der Waals surface area contributed by atoms with Crippen LogP contribution in [0.5, 0.6) is 0 Å². The number of primary amides is 1. The molecule has 0 bridgehead atoms. The topological polar surface area (TPSA) is 131 Å². The second kappa shape index (κ2) is 9.31. The van der Waals surface area contributed by atoms with Crippen LogP contribution in [0.3, 0.4) is 0 Å². The number of aryl methyl sites for hydroxylation is 1. The highest BCUT2D eigenvalue weighted by atomic mass is 79.9. The van der Waals surface area contributed by atoms with Crippen LogP contribution in [0.4, 0.5) is 11.9 Å². The number of para-hydroxylation sites is 1. The molecule has 0 aliphatic heterocycles. The van der Waals surface area contributed by atoms with Crippen LogP contribution < -0.4 is 17.2 Å². The fourth-order valence-electron chi connectivity index (χ4n) is 3.35. The first-order valence-electron chi connectivity index (χ1n) is 8.87. The molecule has 0 aliphatic rings. The summed E-state index contributed by atoms with van der Waals surface area (Å²) in [6.07, 6.45) is 4.02. The number of aromatic nitrogens is 4. The maximum absolute atomic E-state index is 11.3. The van der Waals surface area contributed by atoms with E-state index in [1.54, 1.807) is 18.2 Å². The number of carbonyl (C=O) groups is 1. The minimum absolute atomic E-state index is 0. The van der Waals surface area contributed by atoms with Crippen molar-refractivity contribution < 1.29 is 4.79 Å². The third-order valence-corrected chi connectivity index (χ3v) is 4.82. The van der Waals surface area contributed by atoms with E-state index in [9.17, 15) is 4.79 Å². The zero-order valence-electron chi connectivity index (χ0n) is 16.3. The molecule has 0 unspecified atom stereocenters. The lowest BCUT2D eigenvalue weighted by atomic mass is 10.2. The molecule has 2 aromatic carbocycles. The van der Waals surface area contributed by atoms with Crippen molar-refractivity contribution in [2.75, 3.05) is 11.5 Å². The third-order valence-electron chi connectivity index (χ3n) is 4.82. The van der Waals surface area contributed by atoms with Crippen LogP contribution in [0, 0.1) is 6.92 Å². The van der Waals surface area contributed by atoms with E-state index < -0.39 is 5.91 Å². The standard InChI is InChI=1S/C20H21N7O.2BrH/c1-12-5-4-6-16-17(12)25-20(23)27(16)10-3-2-9-26-15-8-7-13(18(21)28)11-14(15)24-19(26)22;;/h2-8,11H,9-10H2,1H3,(H2,21,28)(H2,22,24)(H2,23,25);2*1H/b3-2+;;. The first-order chi connectivity index (χ1) is 13.5. The Labute approximate surface area is 194 Å². The van der Waals surface area contributed by atoms with Gasteiger partial charge in [0.2, 0.25) is 17.8 Å². The minimum Gasteiger partial charge on any atom is -0.369 e. The summed E-state index contributed by atoms with van der Waals surface area (Å²) in [6.45, 7) is 3.17. The molecule has 0 spiro atoms. The molecule has 0 saturated carbocycles. The third kappa shape index (κ3) is 4.19. The Bertz CT molecular complexity index is 1240. The van der Waals surface area contributed by atoms with Crippen LogP contribution in [0.15, 0.2) is 48.6 Å². The predicted molar refractivity (Wildman–Crippen MR) is 131 cm³/mol. The summed E-state index contributed by atoms with van der Waals surface area (Å²) < 4.78 is 3.84. The average molecular weight is 537 g/mol. The highest BCUT2D eigenvalue weighted by Gasteiger charge is 2.10. The molecule has 4 aromatic rings. The molecule has 2 heterocycles. The molecule has 0 atom stereocenters. The zero-order valence-corrected chi connectivity index (χ0v) is 19.7. The number of anilines is 2. The van der Waals surface area contributed by atoms with Gasteiger partial charge in [-0.05, 0) is 36.8 Å². The van der Waals surface area contributed by atoms with E-state index in [2.05, 4.69) is 9.97 Å². The molecule has 8 nitrogen and oxygen atoms in total. The number of nitrogens with zero attached hydrogens (tertiary/aromatic N) is 4. The Balaban J connectivity index is 0.00000160. The number of fused-ring (bicyclic) bond motifs is 2. The smallest absolute Gasteiger partial charge is 0.248 e. The van der Waals surface area contributed by atoms with E-state index in [0.717, 1.165) is 22.1 Å². The number of benzene rings is 2. The number of hydrogen-bond donors (Lipinski definition) is 3. The van der Waals surface area contributed by atoms with Crippen LogP contribution in [-0.2, 0) is 13.1 Å². The van der Waals surface area contributed by atoms with Crippen LogP contribution in [0.2, 0.25) is 0 Å². The number of carbonyl (C=O) groups excluding carboxylic acids is 1. The molecule has 0 saturated heterocycles. The molecule has 0 radical (unpaired) electrons. The van der Waals surface area contributed by atoms with Gasteiger partial charge in [0.15, 0.2) is 0 Å². The monoisotopic (exact) mass is 535 g/mol. The van der Waals surface area contributed by atoms with Gasteiger partial charge in [-0.1, -0.05) is 24.3 Å². The van der Waals surface area contributed by atoms with E-state index in [1.807, 2.05) is 46.4 Å². The molecular weight excluding hydrogens is 514 g/mol. The Hall–Kier alpha value is -2.85. The Morgan fingerprint density at radius 2 is 1.60 bits per heavy atom. The fourth-order valence-corrected chi connectivity index (χ4v) is 3.35. The summed E-state index contributed by atoms with van der Waals surface area (Å²) in [4.78, 5) is 20.1. The number of hydrogen-bond acceptors (Lipinski definition) is 5. The van der Waals surface area contributed by atoms with Gasteiger partial charge in [-0.3, -0.25) is 4.79 Å². The second-order valence-electron chi connectivity index (χ2n) is 6.64. The summed E-state index contributed by atoms with van der Waals surface area (Å²) in [7, 11) is 0. The number of allylic oxidation sites excluding steroid dienone is 2. The van der Waals surface area contributed by atoms with E-state index in [0.29, 0.717) is 36.1 Å². The van der Waals surface area contributed by atoms with Crippen molar-refractivity contribution in [3.8, 4) is 0 Å². The SMILES string of the molecule is Br.Br.Cc1cccc2c1nc(N)n2C/C=C/Cn1c(N)nc2cc(C(N)=O)ccc21. The highest BCUT2D eigenvalue weighted by Crippen LogP contribution is 2.21. The van der Waals surface area contributed by atoms with Gasteiger partial charge in [0.05, 0.1) is 22.1 Å². The first kappa shape index (κ1) is 23.4. The Morgan fingerprint density at radius 1 is 0.967 bits per heavy atom. The number of amides is 1. The van der Waals surface area contributed by atoms with Gasteiger partial charge in [-0.15, -0.1) is 34.0 Å². The number of halogens is 2. The van der Waals surface area contributed by atoms with Gasteiger partial charge in [0.1, 0.15) is 0 Å². The molecule has 158 valence electrons. The van der Waals surface area contributed by atoms with Crippen molar-refractivity contribution in [3.63, 3.8) is 0 Å². The minimum atomic E-state index is -0.490. The highest BCUT2D eigenvalue weighted by molar-refractivity contribution is 8.93. The summed E-state index contributed by atoms with van der Waals surface area (Å²) in [5, 5.41) is 0. The molecule has 2 aromatic heterocycles. The quantitative estimate of drug-likeness (QED) is 0.336. The van der Waals surface area contributed by atoms with E-state index in [-0.39, 0.29) is 34.0 Å². The van der Waals surface area contributed by atoms with Crippen LogP contribution in [-0.4, -0.2) is 25.0 Å². The van der Waals surface area contributed by atoms with Crippen LogP contribution in [0.1, 0.15) is 15.9 Å². The van der Waals surface area contributed by atoms with Crippen molar-refractivity contribution in [2.24, 2.45) is 5.73 Å². The normalized spacial score (nSPS) is 11.0. The van der Waals surface area contributed by atoms with E-state index in [1.165, 1.54) is 0 Å². The largest absolute Gasteiger partial charge is 0.369 e. The van der Waals surface area contributed by atoms with E-state index >= 15 is 0 Å². The molecule has 30 heavy (non-hydrogen) atoms. The zero-order chi connectivity index (χ0) is 19.8. The molecule has 4 rings (SSSR count). The summed E-state index contributed by atoms with van der Waals surface area (Å²) in [6, 6.07) is 11.2. The maximum atomic E-state index is 11.3. The van der Waals surface area contributed by atoms with E-state index in [4.69, 9.17) is 17.2 Å².